The van der Waals surface area contributed by atoms with Gasteiger partial charge >= 0.3 is 6.03 Å². The number of aromatic nitrogens is 2. The molecule has 168 valence electrons. The number of para-hydroxylation sites is 2. The second-order valence-electron chi connectivity index (χ2n) is 9.77. The summed E-state index contributed by atoms with van der Waals surface area (Å²) in [4.78, 5) is 37.2. The number of likely N-dealkylation sites (tertiary alicyclic amines) is 1. The van der Waals surface area contributed by atoms with Crippen LogP contribution in [0.25, 0.3) is 11.0 Å². The molecule has 2 saturated heterocycles. The van der Waals surface area contributed by atoms with Gasteiger partial charge in [0.2, 0.25) is 0 Å². The number of piperidine rings is 1. The Hall–Kier alpha value is -2.41. The standard InChI is InChI=1S/C24H35N5O2/c1-17(2)10-13-28-23(31)29(18(3)4)22(30)24(28)11-14-27(15-12-24)16-21-25-19-8-6-7-9-20(19)26(21)5/h6-9,17-18H,10-16H2,1-5H3. The fourth-order valence-electron chi connectivity index (χ4n) is 4.99. The summed E-state index contributed by atoms with van der Waals surface area (Å²) in [6, 6.07) is 7.96. The van der Waals surface area contributed by atoms with Crippen LogP contribution in [-0.4, -0.2) is 67.4 Å². The number of carbonyl (C=O) groups excluding carboxylic acids is 2. The minimum Gasteiger partial charge on any atom is -0.330 e. The van der Waals surface area contributed by atoms with E-state index in [9.17, 15) is 9.59 Å². The van der Waals surface area contributed by atoms with Crippen molar-refractivity contribution in [2.75, 3.05) is 19.6 Å². The second-order valence-corrected chi connectivity index (χ2v) is 9.77. The highest BCUT2D eigenvalue weighted by molar-refractivity contribution is 6.07. The number of hydrogen-bond donors (Lipinski definition) is 0. The molecular formula is C24H35N5O2. The third-order valence-electron chi connectivity index (χ3n) is 6.95. The fraction of sp³-hybridized carbons (Fsp3) is 0.625. The molecule has 0 aliphatic carbocycles. The normalized spacial score (nSPS) is 19.7. The number of fused-ring (bicyclic) bond motifs is 1. The van der Waals surface area contributed by atoms with E-state index in [2.05, 4.69) is 36.4 Å². The highest BCUT2D eigenvalue weighted by Crippen LogP contribution is 2.39. The summed E-state index contributed by atoms with van der Waals surface area (Å²) in [5, 5.41) is 0. The van der Waals surface area contributed by atoms with E-state index in [1.807, 2.05) is 36.9 Å². The van der Waals surface area contributed by atoms with E-state index in [4.69, 9.17) is 4.98 Å². The summed E-state index contributed by atoms with van der Waals surface area (Å²) in [7, 11) is 2.06. The van der Waals surface area contributed by atoms with Crippen LogP contribution in [0.5, 0.6) is 0 Å². The molecule has 2 aliphatic heterocycles. The van der Waals surface area contributed by atoms with Crippen molar-refractivity contribution in [2.45, 2.75) is 65.1 Å². The molecule has 7 nitrogen and oxygen atoms in total. The number of hydrogen-bond acceptors (Lipinski definition) is 4. The molecule has 2 fully saturated rings. The molecule has 0 radical (unpaired) electrons. The number of benzene rings is 1. The molecule has 7 heteroatoms. The molecule has 3 amide bonds. The van der Waals surface area contributed by atoms with Crippen LogP contribution in [0.2, 0.25) is 0 Å². The first-order valence-corrected chi connectivity index (χ1v) is 11.5. The smallest absolute Gasteiger partial charge is 0.327 e. The lowest BCUT2D eigenvalue weighted by atomic mass is 9.85. The van der Waals surface area contributed by atoms with Gasteiger partial charge in [0.25, 0.3) is 5.91 Å². The van der Waals surface area contributed by atoms with E-state index in [-0.39, 0.29) is 18.0 Å². The lowest BCUT2D eigenvalue weighted by Gasteiger charge is -2.42. The van der Waals surface area contributed by atoms with Crippen molar-refractivity contribution < 1.29 is 9.59 Å². The zero-order chi connectivity index (χ0) is 22.3. The van der Waals surface area contributed by atoms with Gasteiger partial charge in [0.05, 0.1) is 17.6 Å². The lowest BCUT2D eigenvalue weighted by Crippen LogP contribution is -2.56. The molecule has 2 aromatic rings. The predicted molar refractivity (Wildman–Crippen MR) is 121 cm³/mol. The van der Waals surface area contributed by atoms with Crippen LogP contribution in [0.4, 0.5) is 4.79 Å². The SMILES string of the molecule is CC(C)CCN1C(=O)N(C(C)C)C(=O)C12CCN(Cc1nc3ccccc3n1C)CC2. The topological polar surface area (TPSA) is 61.7 Å². The lowest BCUT2D eigenvalue weighted by molar-refractivity contribution is -0.136. The Kier molecular flexibility index (Phi) is 5.81. The summed E-state index contributed by atoms with van der Waals surface area (Å²) < 4.78 is 2.15. The number of rotatable bonds is 6. The van der Waals surface area contributed by atoms with Crippen LogP contribution in [-0.2, 0) is 18.4 Å². The molecule has 1 aromatic heterocycles. The van der Waals surface area contributed by atoms with E-state index in [1.165, 1.54) is 4.90 Å². The van der Waals surface area contributed by atoms with Crippen LogP contribution in [0.15, 0.2) is 24.3 Å². The first-order valence-electron chi connectivity index (χ1n) is 11.5. The molecule has 0 bridgehead atoms. The van der Waals surface area contributed by atoms with Gasteiger partial charge in [-0.25, -0.2) is 9.78 Å². The Bertz CT molecular complexity index is 972. The Morgan fingerprint density at radius 3 is 2.35 bits per heavy atom. The Morgan fingerprint density at radius 1 is 1.06 bits per heavy atom. The van der Waals surface area contributed by atoms with Crippen LogP contribution in [0, 0.1) is 5.92 Å². The van der Waals surface area contributed by atoms with Crippen LogP contribution < -0.4 is 0 Å². The van der Waals surface area contributed by atoms with Crippen LogP contribution in [0.3, 0.4) is 0 Å². The molecule has 0 N–H and O–H groups in total. The second kappa shape index (κ2) is 8.26. The summed E-state index contributed by atoms with van der Waals surface area (Å²) in [5.41, 5.74) is 1.46. The van der Waals surface area contributed by atoms with Gasteiger partial charge in [-0.2, -0.15) is 0 Å². The predicted octanol–water partition coefficient (Wildman–Crippen LogP) is 3.63. The Labute approximate surface area is 185 Å². The Morgan fingerprint density at radius 2 is 1.74 bits per heavy atom. The molecular weight excluding hydrogens is 390 g/mol. The quantitative estimate of drug-likeness (QED) is 0.663. The number of imide groups is 1. The molecule has 0 saturated carbocycles. The summed E-state index contributed by atoms with van der Waals surface area (Å²) in [6.07, 6.45) is 2.28. The van der Waals surface area contributed by atoms with Gasteiger partial charge < -0.3 is 9.47 Å². The van der Waals surface area contributed by atoms with Crippen molar-refractivity contribution in [3.8, 4) is 0 Å². The highest BCUT2D eigenvalue weighted by Gasteiger charge is 2.58. The zero-order valence-electron chi connectivity index (χ0n) is 19.5. The van der Waals surface area contributed by atoms with Crippen molar-refractivity contribution in [3.63, 3.8) is 0 Å². The average Bonchev–Trinajstić information content (AvgIpc) is 3.14. The first-order chi connectivity index (χ1) is 14.7. The van der Waals surface area contributed by atoms with E-state index in [0.717, 1.165) is 42.9 Å². The van der Waals surface area contributed by atoms with Gasteiger partial charge in [-0.05, 0) is 51.2 Å². The van der Waals surface area contributed by atoms with E-state index < -0.39 is 5.54 Å². The van der Waals surface area contributed by atoms with Gasteiger partial charge in [-0.3, -0.25) is 14.6 Å². The largest absolute Gasteiger partial charge is 0.330 e. The monoisotopic (exact) mass is 425 g/mol. The van der Waals surface area contributed by atoms with Crippen molar-refractivity contribution in [3.05, 3.63) is 30.1 Å². The minimum atomic E-state index is -0.681. The maximum atomic E-state index is 13.5. The van der Waals surface area contributed by atoms with Gasteiger partial charge in [-0.1, -0.05) is 26.0 Å². The highest BCUT2D eigenvalue weighted by atomic mass is 16.2. The third kappa shape index (κ3) is 3.73. The molecule has 2 aliphatic rings. The fourth-order valence-corrected chi connectivity index (χ4v) is 4.99. The van der Waals surface area contributed by atoms with Crippen LogP contribution in [0.1, 0.15) is 52.8 Å². The van der Waals surface area contributed by atoms with Crippen molar-refractivity contribution in [1.82, 2.24) is 24.3 Å². The molecule has 0 unspecified atom stereocenters. The Balaban J connectivity index is 1.51. The summed E-state index contributed by atoms with van der Waals surface area (Å²) >= 11 is 0. The number of imidazole rings is 1. The van der Waals surface area contributed by atoms with E-state index in [1.54, 1.807) is 0 Å². The van der Waals surface area contributed by atoms with Gasteiger partial charge in [0.1, 0.15) is 11.4 Å². The molecule has 1 aromatic carbocycles. The summed E-state index contributed by atoms with van der Waals surface area (Å²) in [6.45, 7) is 11.1. The minimum absolute atomic E-state index is 0.00126. The maximum Gasteiger partial charge on any atom is 0.327 e. The molecule has 4 rings (SSSR count). The van der Waals surface area contributed by atoms with Crippen LogP contribution >= 0.6 is 0 Å². The number of nitrogens with zero attached hydrogens (tertiary/aromatic N) is 5. The number of urea groups is 1. The van der Waals surface area contributed by atoms with Gasteiger partial charge in [0, 0.05) is 32.7 Å². The number of carbonyl (C=O) groups is 2. The van der Waals surface area contributed by atoms with Crippen molar-refractivity contribution in [1.29, 1.82) is 0 Å². The average molecular weight is 426 g/mol. The summed E-state index contributed by atoms with van der Waals surface area (Å²) in [5.74, 6) is 1.52. The van der Waals surface area contributed by atoms with Gasteiger partial charge in [-0.15, -0.1) is 0 Å². The molecule has 31 heavy (non-hydrogen) atoms. The van der Waals surface area contributed by atoms with E-state index in [0.29, 0.717) is 25.3 Å². The number of amides is 3. The third-order valence-corrected chi connectivity index (χ3v) is 6.95. The molecule has 1 spiro atoms. The molecule has 3 heterocycles. The molecule has 0 atom stereocenters. The first kappa shape index (κ1) is 21.8. The van der Waals surface area contributed by atoms with Crippen molar-refractivity contribution >= 4 is 23.0 Å². The maximum absolute atomic E-state index is 13.5. The van der Waals surface area contributed by atoms with Crippen molar-refractivity contribution in [2.24, 2.45) is 13.0 Å². The van der Waals surface area contributed by atoms with E-state index >= 15 is 0 Å². The number of aryl methyl sites for hydroxylation is 1. The van der Waals surface area contributed by atoms with Gasteiger partial charge in [0.15, 0.2) is 0 Å². The zero-order valence-corrected chi connectivity index (χ0v) is 19.5.